The summed E-state index contributed by atoms with van der Waals surface area (Å²) in [5.41, 5.74) is 0. The smallest absolute Gasteiger partial charge is 0.771 e. The maximum absolute atomic E-state index is 10.5. The Hall–Kier alpha value is -0.200. The van der Waals surface area contributed by atoms with Crippen molar-refractivity contribution in [3.8, 4) is 0 Å². The zero-order valence-corrected chi connectivity index (χ0v) is 12.2. The molecule has 0 radical (unpaired) electrons. The molecule has 0 aromatic rings. The van der Waals surface area contributed by atoms with Crippen molar-refractivity contribution in [2.75, 3.05) is 12.5 Å². The quantitative estimate of drug-likeness (QED) is 0.193. The van der Waals surface area contributed by atoms with Gasteiger partial charge in [0.05, 0.1) is 6.61 Å². The van der Waals surface area contributed by atoms with E-state index in [1.54, 1.807) is 0 Å². The molecule has 1 unspecified atom stereocenters. The Bertz CT molecular complexity index is 331. The van der Waals surface area contributed by atoms with Gasteiger partial charge in [-0.25, -0.2) is 4.79 Å². The van der Waals surface area contributed by atoms with Crippen molar-refractivity contribution >= 4 is 17.0 Å². The first-order valence-corrected chi connectivity index (χ1v) is 5.38. The molecule has 1 aliphatic rings. The van der Waals surface area contributed by atoms with Crippen LogP contribution in [0.1, 0.15) is 0 Å². The molecule has 0 aromatic carbocycles. The first-order chi connectivity index (χ1) is 7.84. The van der Waals surface area contributed by atoms with Crippen LogP contribution in [-0.4, -0.2) is 65.0 Å². The summed E-state index contributed by atoms with van der Waals surface area (Å²) < 4.78 is 22.6. The van der Waals surface area contributed by atoms with E-state index in [-0.39, 0.29) is 29.6 Å². The molecule has 0 saturated heterocycles. The Morgan fingerprint density at radius 2 is 1.83 bits per heavy atom. The number of hydrogen-bond donors (Lipinski definition) is 5. The number of rotatable bonds is 3. The van der Waals surface area contributed by atoms with E-state index in [2.05, 4.69) is 4.74 Å². The summed E-state index contributed by atoms with van der Waals surface area (Å²) in [5, 5.41) is 42.6. The van der Waals surface area contributed by atoms with Crippen LogP contribution in [0.3, 0.4) is 0 Å². The van der Waals surface area contributed by atoms with E-state index >= 15 is 0 Å². The Morgan fingerprint density at radius 1 is 1.39 bits per heavy atom. The van der Waals surface area contributed by atoms with Gasteiger partial charge in [-0.3, -0.25) is 4.21 Å². The van der Waals surface area contributed by atoms with Crippen LogP contribution in [0.2, 0.25) is 0 Å². The van der Waals surface area contributed by atoms with Gasteiger partial charge in [0, 0.05) is 0 Å². The second-order valence-electron chi connectivity index (χ2n) is 2.74. The van der Waals surface area contributed by atoms with Gasteiger partial charge < -0.3 is 34.8 Å². The Morgan fingerprint density at radius 3 is 2.06 bits per heavy atom. The third kappa shape index (κ3) is 6.11. The van der Waals surface area contributed by atoms with Gasteiger partial charge in [-0.15, -0.1) is 0 Å². The van der Waals surface area contributed by atoms with Crippen molar-refractivity contribution in [1.82, 2.24) is 0 Å². The fourth-order valence-electron chi connectivity index (χ4n) is 0.823. The minimum absolute atomic E-state index is 0. The summed E-state index contributed by atoms with van der Waals surface area (Å²) in [6.45, 7) is -0.671. The van der Waals surface area contributed by atoms with Crippen LogP contribution in [-0.2, 0) is 20.6 Å². The summed E-state index contributed by atoms with van der Waals surface area (Å²) in [7, 11) is 0. The van der Waals surface area contributed by atoms with Gasteiger partial charge in [-0.05, 0) is 11.1 Å². The molecule has 0 bridgehead atoms. The fourth-order valence-corrected chi connectivity index (χ4v) is 0.823. The second kappa shape index (κ2) is 9.69. The van der Waals surface area contributed by atoms with Crippen LogP contribution in [0.15, 0.2) is 11.5 Å². The molecule has 3 atom stereocenters. The molecule has 18 heavy (non-hydrogen) atoms. The van der Waals surface area contributed by atoms with Gasteiger partial charge in [0.1, 0.15) is 12.0 Å². The predicted molar refractivity (Wildman–Crippen MR) is 51.3 cm³/mol. The molecular weight excluding hydrogens is 283 g/mol. The number of esters is 1. The Kier molecular flexibility index (Phi) is 10.8. The average Bonchev–Trinajstić information content (AvgIpc) is 2.56. The van der Waals surface area contributed by atoms with E-state index in [4.69, 9.17) is 34.3 Å². The van der Waals surface area contributed by atoms with Crippen molar-refractivity contribution in [1.29, 1.82) is 0 Å². The predicted octanol–water partition coefficient (Wildman–Crippen LogP) is -5.59. The molecule has 0 spiro atoms. The first-order valence-electron chi connectivity index (χ1n) is 4.13. The van der Waals surface area contributed by atoms with Gasteiger partial charge in [0.2, 0.25) is 5.76 Å². The monoisotopic (exact) mass is 294 g/mol. The minimum Gasteiger partial charge on any atom is -0.771 e. The van der Waals surface area contributed by atoms with Crippen molar-refractivity contribution < 1.29 is 73.4 Å². The van der Waals surface area contributed by atoms with Crippen LogP contribution >= 0.6 is 0 Å². The number of hydrogen-bond acceptors (Lipinski definition) is 9. The SMILES string of the molecule is O=C1O[C@H]([C@@H](O)CO)C(O)=C1O.O=S([O-])CO.[Na+]. The molecule has 0 aliphatic carbocycles. The van der Waals surface area contributed by atoms with Gasteiger partial charge in [-0.1, -0.05) is 0 Å². The molecule has 9 nitrogen and oxygen atoms in total. The van der Waals surface area contributed by atoms with E-state index in [0.717, 1.165) is 0 Å². The molecule has 1 aliphatic heterocycles. The Labute approximate surface area is 126 Å². The van der Waals surface area contributed by atoms with Crippen molar-refractivity contribution in [3.05, 3.63) is 11.5 Å². The molecule has 0 amide bonds. The molecular formula is C7H11NaO9S. The largest absolute Gasteiger partial charge is 1.00 e. The molecule has 0 aromatic heterocycles. The molecule has 1 rings (SSSR count). The van der Waals surface area contributed by atoms with E-state index in [0.29, 0.717) is 0 Å². The van der Waals surface area contributed by atoms with Crippen molar-refractivity contribution in [3.63, 3.8) is 0 Å². The molecule has 11 heteroatoms. The van der Waals surface area contributed by atoms with Crippen molar-refractivity contribution in [2.24, 2.45) is 0 Å². The summed E-state index contributed by atoms with van der Waals surface area (Å²) >= 11 is -2.27. The van der Waals surface area contributed by atoms with Gasteiger partial charge in [-0.2, -0.15) is 0 Å². The second-order valence-corrected chi connectivity index (χ2v) is 3.61. The molecule has 100 valence electrons. The van der Waals surface area contributed by atoms with Gasteiger partial charge >= 0.3 is 35.5 Å². The Balaban J connectivity index is 0. The number of aliphatic hydroxyl groups excluding tert-OH is 5. The van der Waals surface area contributed by atoms with E-state index in [9.17, 15) is 4.79 Å². The van der Waals surface area contributed by atoms with Gasteiger partial charge in [0.25, 0.3) is 0 Å². The van der Waals surface area contributed by atoms with Crippen LogP contribution in [0, 0.1) is 0 Å². The van der Waals surface area contributed by atoms with Crippen LogP contribution in [0.25, 0.3) is 0 Å². The maximum Gasteiger partial charge on any atom is 1.00 e. The third-order valence-corrected chi connectivity index (χ3v) is 1.79. The van der Waals surface area contributed by atoms with Crippen LogP contribution in [0.4, 0.5) is 0 Å². The van der Waals surface area contributed by atoms with Crippen LogP contribution < -0.4 is 29.6 Å². The number of carbonyl (C=O) groups excluding carboxylic acids is 1. The summed E-state index contributed by atoms with van der Waals surface area (Å²) in [6.07, 6.45) is -2.78. The first kappa shape index (κ1) is 20.1. The van der Waals surface area contributed by atoms with Gasteiger partial charge in [0.15, 0.2) is 11.9 Å². The summed E-state index contributed by atoms with van der Waals surface area (Å²) in [5.74, 6) is -3.56. The molecule has 5 N–H and O–H groups in total. The average molecular weight is 294 g/mol. The number of aliphatic hydroxyl groups is 5. The zero-order chi connectivity index (χ0) is 13.6. The molecule has 0 saturated carbocycles. The standard InChI is InChI=1S/C6H8O6.CH4O3S.Na/c7-1-2(8)5-3(9)4(10)6(11)12-5;2-1-5(3)4;/h2,5,7-10H,1H2;2H,1H2,(H,3,4);/q;;+1/p-1/t2-,5+;;/m0../s1. The maximum atomic E-state index is 10.5. The van der Waals surface area contributed by atoms with Crippen LogP contribution in [0.5, 0.6) is 0 Å². The number of ether oxygens (including phenoxy) is 1. The summed E-state index contributed by atoms with van der Waals surface area (Å²) in [4.78, 5) is 10.5. The van der Waals surface area contributed by atoms with Crippen molar-refractivity contribution in [2.45, 2.75) is 12.2 Å². The zero-order valence-electron chi connectivity index (χ0n) is 9.35. The fraction of sp³-hybridized carbons (Fsp3) is 0.571. The third-order valence-electron chi connectivity index (χ3n) is 1.58. The number of carbonyl (C=O) groups is 1. The normalized spacial score (nSPS) is 21.3. The topological polar surface area (TPSA) is 168 Å². The van der Waals surface area contributed by atoms with E-state index in [1.807, 2.05) is 0 Å². The molecule has 1 heterocycles. The van der Waals surface area contributed by atoms with E-state index in [1.165, 1.54) is 0 Å². The molecule has 0 fully saturated rings. The van der Waals surface area contributed by atoms with E-state index < -0.39 is 53.3 Å². The number of cyclic esters (lactones) is 1. The minimum atomic E-state index is -2.27. The summed E-state index contributed by atoms with van der Waals surface area (Å²) in [6, 6.07) is 0.